The van der Waals surface area contributed by atoms with Crippen LogP contribution in [0, 0.1) is 5.92 Å². The summed E-state index contributed by atoms with van der Waals surface area (Å²) in [4.78, 5) is 54.2. The number of rotatable bonds is 14. The smallest absolute Gasteiger partial charge is 0.326 e. The van der Waals surface area contributed by atoms with Gasteiger partial charge in [-0.15, -0.1) is 0 Å². The number of fused-ring (bicyclic) bond motifs is 1. The van der Waals surface area contributed by atoms with Crippen molar-refractivity contribution in [3.8, 4) is 0 Å². The van der Waals surface area contributed by atoms with E-state index in [1.807, 2.05) is 68.4 Å². The number of hydrogen-bond donors (Lipinski definition) is 7. The van der Waals surface area contributed by atoms with Crippen LogP contribution in [0.4, 0.5) is 0 Å². The second-order valence-corrected chi connectivity index (χ2v) is 10.6. The molecule has 0 spiro atoms. The highest BCUT2D eigenvalue weighted by molar-refractivity contribution is 7.80. The van der Waals surface area contributed by atoms with E-state index in [0.29, 0.717) is 6.42 Å². The number of thiol groups is 1. The van der Waals surface area contributed by atoms with E-state index < -0.39 is 47.9 Å². The van der Waals surface area contributed by atoms with Crippen molar-refractivity contribution in [2.45, 2.75) is 57.3 Å². The van der Waals surface area contributed by atoms with E-state index in [1.165, 1.54) is 0 Å². The predicted molar refractivity (Wildman–Crippen MR) is 157 cm³/mol. The second-order valence-electron chi connectivity index (χ2n) is 10.2. The Hall–Kier alpha value is -3.83. The third kappa shape index (κ3) is 8.59. The van der Waals surface area contributed by atoms with E-state index in [2.05, 4.69) is 33.6 Å². The van der Waals surface area contributed by atoms with E-state index in [9.17, 15) is 24.3 Å². The van der Waals surface area contributed by atoms with Gasteiger partial charge in [-0.25, -0.2) is 4.79 Å². The number of carboxylic acids is 1. The summed E-state index contributed by atoms with van der Waals surface area (Å²) in [6.45, 7) is 3.76. The lowest BCUT2D eigenvalue weighted by atomic mass is 10.0. The maximum atomic E-state index is 13.2. The van der Waals surface area contributed by atoms with E-state index in [0.717, 1.165) is 22.0 Å². The van der Waals surface area contributed by atoms with Crippen LogP contribution in [0.1, 0.15) is 31.4 Å². The second kappa shape index (κ2) is 14.5. The molecule has 4 atom stereocenters. The highest BCUT2D eigenvalue weighted by Crippen LogP contribution is 2.19. The lowest BCUT2D eigenvalue weighted by Gasteiger charge is -2.25. The van der Waals surface area contributed by atoms with Gasteiger partial charge in [0.05, 0.1) is 6.04 Å². The fraction of sp³-hybridized carbons (Fsp3) is 0.379. The fourth-order valence-corrected chi connectivity index (χ4v) is 4.66. The van der Waals surface area contributed by atoms with Crippen molar-refractivity contribution < 1.29 is 24.3 Å². The molecule has 0 saturated heterocycles. The first-order chi connectivity index (χ1) is 19.1. The largest absolute Gasteiger partial charge is 0.480 e. The molecule has 214 valence electrons. The standard InChI is InChI=1S/C29H37N5O5S/c1-17(2)12-23(27(36)33-24(29(38)39)14-19-15-31-22-11-7-6-10-20(19)22)32-28(37)25(16-40)34-26(35)21(30)13-18-8-4-3-5-9-18/h3-11,15,17,21,23-25,31,40H,12-14,16,30H2,1-2H3,(H,32,37)(H,33,36)(H,34,35)(H,38,39). The Bertz CT molecular complexity index is 1310. The highest BCUT2D eigenvalue weighted by atomic mass is 32.1. The molecule has 4 unspecified atom stereocenters. The van der Waals surface area contributed by atoms with Gasteiger partial charge >= 0.3 is 5.97 Å². The van der Waals surface area contributed by atoms with Gasteiger partial charge in [0, 0.05) is 29.3 Å². The van der Waals surface area contributed by atoms with Crippen LogP contribution in [-0.4, -0.2) is 63.7 Å². The van der Waals surface area contributed by atoms with E-state index in [-0.39, 0.29) is 24.5 Å². The van der Waals surface area contributed by atoms with E-state index >= 15 is 0 Å². The van der Waals surface area contributed by atoms with Crippen LogP contribution >= 0.6 is 12.6 Å². The summed E-state index contributed by atoms with van der Waals surface area (Å²) in [5.74, 6) is -2.96. The molecule has 1 heterocycles. The Morgan fingerprint density at radius 2 is 1.45 bits per heavy atom. The molecule has 0 aliphatic carbocycles. The van der Waals surface area contributed by atoms with Crippen molar-refractivity contribution in [2.24, 2.45) is 11.7 Å². The zero-order chi connectivity index (χ0) is 29.2. The normalized spacial score (nSPS) is 14.2. The van der Waals surface area contributed by atoms with Crippen LogP contribution in [0.3, 0.4) is 0 Å². The molecule has 3 aromatic rings. The number of nitrogens with one attached hydrogen (secondary N) is 4. The predicted octanol–water partition coefficient (Wildman–Crippen LogP) is 1.80. The molecule has 0 aliphatic heterocycles. The van der Waals surface area contributed by atoms with E-state index in [4.69, 9.17) is 5.73 Å². The number of carbonyl (C=O) groups excluding carboxylic acids is 3. The molecule has 0 aliphatic rings. The van der Waals surface area contributed by atoms with Crippen LogP contribution < -0.4 is 21.7 Å². The molecule has 40 heavy (non-hydrogen) atoms. The number of carboxylic acid groups (broad SMARTS) is 1. The highest BCUT2D eigenvalue weighted by Gasteiger charge is 2.30. The summed E-state index contributed by atoms with van der Waals surface area (Å²) in [6.07, 6.45) is 2.33. The van der Waals surface area contributed by atoms with Gasteiger partial charge < -0.3 is 31.8 Å². The first-order valence-corrected chi connectivity index (χ1v) is 13.8. The first kappa shape index (κ1) is 30.7. The van der Waals surface area contributed by atoms with E-state index in [1.54, 1.807) is 6.20 Å². The summed E-state index contributed by atoms with van der Waals surface area (Å²) in [7, 11) is 0. The molecule has 3 amide bonds. The van der Waals surface area contributed by atoms with Crippen LogP contribution in [0.2, 0.25) is 0 Å². The number of H-pyrrole nitrogens is 1. The number of para-hydroxylation sites is 1. The van der Waals surface area contributed by atoms with Crippen LogP contribution in [0.25, 0.3) is 10.9 Å². The molecular formula is C29H37N5O5S. The number of hydrogen-bond acceptors (Lipinski definition) is 6. The summed E-state index contributed by atoms with van der Waals surface area (Å²) in [6, 6.07) is 12.6. The van der Waals surface area contributed by atoms with Crippen LogP contribution in [0.15, 0.2) is 60.8 Å². The van der Waals surface area contributed by atoms with Crippen molar-refractivity contribution in [3.63, 3.8) is 0 Å². The maximum absolute atomic E-state index is 13.2. The molecule has 0 fully saturated rings. The average Bonchev–Trinajstić information content (AvgIpc) is 3.33. The molecular weight excluding hydrogens is 530 g/mol. The molecule has 3 rings (SSSR count). The van der Waals surface area contributed by atoms with Gasteiger partial charge in [0.15, 0.2) is 0 Å². The van der Waals surface area contributed by atoms with Gasteiger partial charge in [0.1, 0.15) is 18.1 Å². The maximum Gasteiger partial charge on any atom is 0.326 e. The minimum Gasteiger partial charge on any atom is -0.480 e. The molecule has 11 heteroatoms. The van der Waals surface area contributed by atoms with Crippen molar-refractivity contribution in [3.05, 3.63) is 71.9 Å². The number of aromatic nitrogens is 1. The Balaban J connectivity index is 1.66. The molecule has 0 radical (unpaired) electrons. The van der Waals surface area contributed by atoms with Crippen LogP contribution in [0.5, 0.6) is 0 Å². The van der Waals surface area contributed by atoms with Gasteiger partial charge in [-0.3, -0.25) is 14.4 Å². The Morgan fingerprint density at radius 3 is 2.10 bits per heavy atom. The third-order valence-corrected chi connectivity index (χ3v) is 6.87. The number of aliphatic carboxylic acids is 1. The number of benzene rings is 2. The van der Waals surface area contributed by atoms with Gasteiger partial charge in [0.2, 0.25) is 17.7 Å². The monoisotopic (exact) mass is 567 g/mol. The average molecular weight is 568 g/mol. The quantitative estimate of drug-likeness (QED) is 0.147. The molecule has 10 nitrogen and oxygen atoms in total. The minimum atomic E-state index is -1.21. The van der Waals surface area contributed by atoms with Crippen molar-refractivity contribution in [2.75, 3.05) is 5.75 Å². The van der Waals surface area contributed by atoms with Gasteiger partial charge in [-0.05, 0) is 36.0 Å². The van der Waals surface area contributed by atoms with Gasteiger partial charge in [0.25, 0.3) is 0 Å². The number of aromatic amines is 1. The molecule has 7 N–H and O–H groups in total. The third-order valence-electron chi connectivity index (χ3n) is 6.50. The Kier molecular flexibility index (Phi) is 11.2. The SMILES string of the molecule is CC(C)CC(NC(=O)C(CS)NC(=O)C(N)Cc1ccccc1)C(=O)NC(Cc1c[nH]c2ccccc12)C(=O)O. The fourth-order valence-electron chi connectivity index (χ4n) is 4.40. The van der Waals surface area contributed by atoms with Gasteiger partial charge in [-0.1, -0.05) is 62.4 Å². The number of nitrogens with two attached hydrogens (primary N) is 1. The summed E-state index contributed by atoms with van der Waals surface area (Å²) in [5.41, 5.74) is 8.54. The lowest BCUT2D eigenvalue weighted by Crippen LogP contribution is -2.58. The number of amides is 3. The molecule has 1 aromatic heterocycles. The molecule has 0 saturated carbocycles. The van der Waals surface area contributed by atoms with Gasteiger partial charge in [-0.2, -0.15) is 12.6 Å². The number of carbonyl (C=O) groups is 4. The molecule has 2 aromatic carbocycles. The first-order valence-electron chi connectivity index (χ1n) is 13.2. The zero-order valence-corrected chi connectivity index (χ0v) is 23.5. The zero-order valence-electron chi connectivity index (χ0n) is 22.6. The molecule has 0 bridgehead atoms. The Labute approximate surface area is 238 Å². The van der Waals surface area contributed by atoms with Crippen molar-refractivity contribution in [1.29, 1.82) is 0 Å². The summed E-state index contributed by atoms with van der Waals surface area (Å²) in [5, 5.41) is 18.6. The minimum absolute atomic E-state index is 0.0104. The van der Waals surface area contributed by atoms with Crippen molar-refractivity contribution in [1.82, 2.24) is 20.9 Å². The Morgan fingerprint density at radius 1 is 0.850 bits per heavy atom. The summed E-state index contributed by atoms with van der Waals surface area (Å²) >= 11 is 4.20. The van der Waals surface area contributed by atoms with Crippen LogP contribution in [-0.2, 0) is 32.0 Å². The lowest BCUT2D eigenvalue weighted by molar-refractivity contribution is -0.142. The topological polar surface area (TPSA) is 166 Å². The summed E-state index contributed by atoms with van der Waals surface area (Å²) < 4.78 is 0. The van der Waals surface area contributed by atoms with Crippen molar-refractivity contribution >= 4 is 47.2 Å².